The third-order valence-corrected chi connectivity index (χ3v) is 6.62. The van der Waals surface area contributed by atoms with Crippen molar-refractivity contribution in [3.05, 3.63) is 77.0 Å². The zero-order valence-electron chi connectivity index (χ0n) is 16.2. The van der Waals surface area contributed by atoms with Gasteiger partial charge in [0.25, 0.3) is 0 Å². The molecule has 1 aliphatic rings. The van der Waals surface area contributed by atoms with Crippen molar-refractivity contribution in [1.29, 1.82) is 0 Å². The lowest BCUT2D eigenvalue weighted by Crippen LogP contribution is -2.37. The summed E-state index contributed by atoms with van der Waals surface area (Å²) in [6.45, 7) is 2.45. The lowest BCUT2D eigenvalue weighted by Gasteiger charge is -2.31. The van der Waals surface area contributed by atoms with Gasteiger partial charge in [-0.3, -0.25) is 0 Å². The molecule has 1 unspecified atom stereocenters. The summed E-state index contributed by atoms with van der Waals surface area (Å²) >= 11 is 0. The number of aryl methyl sites for hydroxylation is 1. The van der Waals surface area contributed by atoms with Gasteiger partial charge in [0.05, 0.1) is 0 Å². The Balaban J connectivity index is 1.59. The molecule has 150 valence electrons. The van der Waals surface area contributed by atoms with E-state index in [2.05, 4.69) is 10.1 Å². The lowest BCUT2D eigenvalue weighted by atomic mass is 10.1. The third-order valence-electron chi connectivity index (χ3n) is 5.05. The minimum atomic E-state index is -3.61. The average molecular weight is 410 g/mol. The van der Waals surface area contributed by atoms with Crippen LogP contribution in [0, 0.1) is 6.92 Å². The maximum absolute atomic E-state index is 13.0. The van der Waals surface area contributed by atoms with Gasteiger partial charge in [-0.1, -0.05) is 71.7 Å². The highest BCUT2D eigenvalue weighted by atomic mass is 32.2. The number of rotatable bonds is 5. The summed E-state index contributed by atoms with van der Waals surface area (Å²) in [6.07, 6.45) is 4.01. The third kappa shape index (κ3) is 4.46. The monoisotopic (exact) mass is 409 g/mol. The van der Waals surface area contributed by atoms with Gasteiger partial charge in [0.1, 0.15) is 6.04 Å². The largest absolute Gasteiger partial charge is 0.337 e. The van der Waals surface area contributed by atoms with Gasteiger partial charge in [0, 0.05) is 17.5 Å². The van der Waals surface area contributed by atoms with Crippen molar-refractivity contribution in [1.82, 2.24) is 14.4 Å². The molecule has 0 aliphatic carbocycles. The van der Waals surface area contributed by atoms with E-state index in [4.69, 9.17) is 4.52 Å². The standard InChI is InChI=1S/C22H23N3O3S/c1-17-10-12-19(13-11-17)21-23-22(28-24-21)20-9-5-6-15-25(20)29(26,27)16-14-18-7-3-2-4-8-18/h2-4,7-8,10-14,16,20H,5-6,9,15H2,1H3/b16-14+. The van der Waals surface area contributed by atoms with Gasteiger partial charge in [-0.05, 0) is 31.4 Å². The van der Waals surface area contributed by atoms with Gasteiger partial charge in [0.15, 0.2) is 0 Å². The summed E-state index contributed by atoms with van der Waals surface area (Å²) in [5, 5.41) is 5.34. The van der Waals surface area contributed by atoms with E-state index in [1.165, 1.54) is 9.71 Å². The Morgan fingerprint density at radius 2 is 1.83 bits per heavy atom. The van der Waals surface area contributed by atoms with Crippen LogP contribution in [-0.2, 0) is 10.0 Å². The summed E-state index contributed by atoms with van der Waals surface area (Å²) in [6, 6.07) is 16.8. The zero-order chi connectivity index (χ0) is 20.3. The van der Waals surface area contributed by atoms with Gasteiger partial charge >= 0.3 is 0 Å². The molecular weight excluding hydrogens is 386 g/mol. The van der Waals surface area contributed by atoms with E-state index in [1.807, 2.05) is 61.5 Å². The van der Waals surface area contributed by atoms with Gasteiger partial charge in [-0.15, -0.1) is 0 Å². The number of hydrogen-bond acceptors (Lipinski definition) is 5. The Morgan fingerprint density at radius 1 is 1.07 bits per heavy atom. The maximum Gasteiger partial charge on any atom is 0.245 e. The van der Waals surface area contributed by atoms with Gasteiger partial charge in [0.2, 0.25) is 21.7 Å². The van der Waals surface area contributed by atoms with Gasteiger partial charge in [-0.25, -0.2) is 8.42 Å². The van der Waals surface area contributed by atoms with Crippen molar-refractivity contribution in [2.75, 3.05) is 6.54 Å². The minimum Gasteiger partial charge on any atom is -0.337 e. The predicted molar refractivity (Wildman–Crippen MR) is 112 cm³/mol. The fraction of sp³-hybridized carbons (Fsp3) is 0.273. The molecule has 0 bridgehead atoms. The van der Waals surface area contributed by atoms with Crippen molar-refractivity contribution in [3.8, 4) is 11.4 Å². The Morgan fingerprint density at radius 3 is 2.59 bits per heavy atom. The van der Waals surface area contributed by atoms with Crippen LogP contribution in [0.1, 0.15) is 42.3 Å². The van der Waals surface area contributed by atoms with E-state index in [-0.39, 0.29) is 0 Å². The lowest BCUT2D eigenvalue weighted by molar-refractivity contribution is 0.206. The molecule has 0 radical (unpaired) electrons. The summed E-state index contributed by atoms with van der Waals surface area (Å²) in [5.41, 5.74) is 2.83. The summed E-state index contributed by atoms with van der Waals surface area (Å²) < 4.78 is 33.0. The van der Waals surface area contributed by atoms with Crippen LogP contribution in [-0.4, -0.2) is 29.4 Å². The number of hydrogen-bond donors (Lipinski definition) is 0. The second kappa shape index (κ2) is 8.31. The topological polar surface area (TPSA) is 76.3 Å². The molecule has 0 saturated carbocycles. The zero-order valence-corrected chi connectivity index (χ0v) is 17.0. The molecule has 1 aromatic heterocycles. The Labute approximate surface area is 170 Å². The molecule has 3 aromatic rings. The highest BCUT2D eigenvalue weighted by Crippen LogP contribution is 2.33. The second-order valence-corrected chi connectivity index (χ2v) is 8.97. The van der Waals surface area contributed by atoms with Crippen LogP contribution >= 0.6 is 0 Å². The highest BCUT2D eigenvalue weighted by molar-refractivity contribution is 7.92. The Kier molecular flexibility index (Phi) is 5.60. The van der Waals surface area contributed by atoms with Crippen molar-refractivity contribution < 1.29 is 12.9 Å². The average Bonchev–Trinajstić information content (AvgIpc) is 3.24. The SMILES string of the molecule is Cc1ccc(-c2noc(C3CCCCN3S(=O)(=O)/C=C/c3ccccc3)n2)cc1. The van der Waals surface area contributed by atoms with E-state index in [0.717, 1.165) is 29.5 Å². The first-order valence-corrected chi connectivity index (χ1v) is 11.2. The number of nitrogens with zero attached hydrogens (tertiary/aromatic N) is 3. The van der Waals surface area contributed by atoms with E-state index in [9.17, 15) is 8.42 Å². The smallest absolute Gasteiger partial charge is 0.245 e. The molecule has 2 heterocycles. The Hall–Kier alpha value is -2.77. The molecule has 7 heteroatoms. The van der Waals surface area contributed by atoms with Crippen LogP contribution in [0.2, 0.25) is 0 Å². The van der Waals surface area contributed by atoms with Crippen molar-refractivity contribution in [3.63, 3.8) is 0 Å². The molecule has 2 aromatic carbocycles. The first-order chi connectivity index (χ1) is 14.0. The van der Waals surface area contributed by atoms with E-state index < -0.39 is 16.1 Å². The van der Waals surface area contributed by atoms with Crippen molar-refractivity contribution in [2.24, 2.45) is 0 Å². The summed E-state index contributed by atoms with van der Waals surface area (Å²) in [7, 11) is -3.61. The van der Waals surface area contributed by atoms with Crippen LogP contribution in [0.3, 0.4) is 0 Å². The van der Waals surface area contributed by atoms with Crippen LogP contribution in [0.5, 0.6) is 0 Å². The summed E-state index contributed by atoms with van der Waals surface area (Å²) in [4.78, 5) is 4.51. The fourth-order valence-electron chi connectivity index (χ4n) is 3.45. The minimum absolute atomic E-state index is 0.344. The molecule has 1 saturated heterocycles. The molecule has 1 atom stereocenters. The van der Waals surface area contributed by atoms with Gasteiger partial charge in [-0.2, -0.15) is 9.29 Å². The molecule has 1 aliphatic heterocycles. The number of benzene rings is 2. The van der Waals surface area contributed by atoms with Crippen molar-refractivity contribution >= 4 is 16.1 Å². The molecule has 6 nitrogen and oxygen atoms in total. The molecule has 29 heavy (non-hydrogen) atoms. The number of sulfonamides is 1. The molecule has 0 spiro atoms. The van der Waals surface area contributed by atoms with Crippen LogP contribution in [0.15, 0.2) is 64.5 Å². The second-order valence-electron chi connectivity index (χ2n) is 7.20. The first kappa shape index (κ1) is 19.5. The highest BCUT2D eigenvalue weighted by Gasteiger charge is 2.35. The van der Waals surface area contributed by atoms with Crippen LogP contribution in [0.25, 0.3) is 17.5 Å². The number of piperidine rings is 1. The molecule has 0 N–H and O–H groups in total. The maximum atomic E-state index is 13.0. The first-order valence-electron chi connectivity index (χ1n) is 9.68. The molecule has 0 amide bonds. The quantitative estimate of drug-likeness (QED) is 0.617. The summed E-state index contributed by atoms with van der Waals surface area (Å²) in [5.74, 6) is 0.819. The van der Waals surface area contributed by atoms with Crippen LogP contribution < -0.4 is 0 Å². The normalized spacial score (nSPS) is 18.3. The number of aromatic nitrogens is 2. The van der Waals surface area contributed by atoms with E-state index in [1.54, 1.807) is 6.08 Å². The molecular formula is C22H23N3O3S. The molecule has 1 fully saturated rings. The van der Waals surface area contributed by atoms with E-state index in [0.29, 0.717) is 24.7 Å². The molecule has 4 rings (SSSR count). The Bertz CT molecular complexity index is 1090. The van der Waals surface area contributed by atoms with Gasteiger partial charge < -0.3 is 4.52 Å². The van der Waals surface area contributed by atoms with E-state index >= 15 is 0 Å². The fourth-order valence-corrected chi connectivity index (χ4v) is 4.87. The van der Waals surface area contributed by atoms with Crippen LogP contribution in [0.4, 0.5) is 0 Å². The van der Waals surface area contributed by atoms with Crippen molar-refractivity contribution in [2.45, 2.75) is 32.2 Å². The predicted octanol–water partition coefficient (Wildman–Crippen LogP) is 4.57.